The van der Waals surface area contributed by atoms with Gasteiger partial charge in [-0.3, -0.25) is 0 Å². The molecule has 6 atom stereocenters. The quantitative estimate of drug-likeness (QED) is 0.534. The molecule has 0 aromatic carbocycles. The zero-order valence-electron chi connectivity index (χ0n) is 15.9. The number of fused-ring (bicyclic) bond motifs is 5. The molecule has 0 aliphatic heterocycles. The van der Waals surface area contributed by atoms with Gasteiger partial charge in [-0.25, -0.2) is 0 Å². The van der Waals surface area contributed by atoms with Gasteiger partial charge < -0.3 is 5.11 Å². The molecule has 1 N–H and O–H groups in total. The van der Waals surface area contributed by atoms with E-state index >= 15 is 0 Å². The maximum absolute atomic E-state index is 9.97. The van der Waals surface area contributed by atoms with E-state index in [4.69, 9.17) is 0 Å². The summed E-state index contributed by atoms with van der Waals surface area (Å²) in [6, 6.07) is 0. The molecule has 4 rings (SSSR count). The molecule has 3 saturated carbocycles. The molecule has 4 unspecified atom stereocenters. The number of rotatable bonds is 0. The van der Waals surface area contributed by atoms with Crippen molar-refractivity contribution in [1.82, 2.24) is 0 Å². The lowest BCUT2D eigenvalue weighted by Gasteiger charge is -2.57. The van der Waals surface area contributed by atoms with Crippen molar-refractivity contribution in [3.63, 3.8) is 0 Å². The fourth-order valence-electron chi connectivity index (χ4n) is 6.70. The standard InChI is InChI=1S/C19H30O.C3H8/c1-18-9-3-4-16(18)15-6-5-13-12-14(20)7-11-19(13,2)17(15)8-10-18;1-3-2/h12,14-17,20H,3-11H2,1-2H3;3H2,1-2H3/t14?,15?,16?,17?,18-,19-;/m0./s1. The van der Waals surface area contributed by atoms with E-state index in [9.17, 15) is 5.11 Å². The van der Waals surface area contributed by atoms with Gasteiger partial charge in [0.2, 0.25) is 0 Å². The first-order chi connectivity index (χ1) is 10.9. The van der Waals surface area contributed by atoms with E-state index in [0.29, 0.717) is 10.8 Å². The first-order valence-corrected chi connectivity index (χ1v) is 10.3. The molecule has 4 aliphatic rings. The van der Waals surface area contributed by atoms with Gasteiger partial charge in [0.05, 0.1) is 6.10 Å². The topological polar surface area (TPSA) is 20.2 Å². The third kappa shape index (κ3) is 2.92. The number of hydrogen-bond acceptors (Lipinski definition) is 1. The average Bonchev–Trinajstić information content (AvgIpc) is 2.90. The van der Waals surface area contributed by atoms with Crippen molar-refractivity contribution in [1.29, 1.82) is 0 Å². The molecule has 0 amide bonds. The summed E-state index contributed by atoms with van der Waals surface area (Å²) in [6.45, 7) is 9.36. The van der Waals surface area contributed by atoms with Gasteiger partial charge in [0.15, 0.2) is 0 Å². The molecular formula is C22H38O. The highest BCUT2D eigenvalue weighted by molar-refractivity contribution is 5.25. The van der Waals surface area contributed by atoms with Crippen LogP contribution in [-0.4, -0.2) is 11.2 Å². The van der Waals surface area contributed by atoms with Crippen LogP contribution < -0.4 is 0 Å². The van der Waals surface area contributed by atoms with Gasteiger partial charge >= 0.3 is 0 Å². The Hall–Kier alpha value is -0.300. The van der Waals surface area contributed by atoms with Gasteiger partial charge in [-0.1, -0.05) is 52.2 Å². The summed E-state index contributed by atoms with van der Waals surface area (Å²) in [5, 5.41) is 9.97. The van der Waals surface area contributed by atoms with E-state index in [1.54, 1.807) is 5.57 Å². The SMILES string of the molecule is CCC.C[C@@]12CCCC1C1CCC3=CC(O)CC[C@]3(C)C1CC2. The van der Waals surface area contributed by atoms with Gasteiger partial charge in [-0.05, 0) is 80.0 Å². The Morgan fingerprint density at radius 3 is 2.48 bits per heavy atom. The smallest absolute Gasteiger partial charge is 0.0724 e. The lowest BCUT2D eigenvalue weighted by atomic mass is 9.47. The number of aliphatic hydroxyl groups excluding tert-OH is 1. The van der Waals surface area contributed by atoms with Crippen molar-refractivity contribution in [2.75, 3.05) is 0 Å². The van der Waals surface area contributed by atoms with Crippen LogP contribution in [0.25, 0.3) is 0 Å². The van der Waals surface area contributed by atoms with Gasteiger partial charge in [0, 0.05) is 0 Å². The maximum atomic E-state index is 9.97. The van der Waals surface area contributed by atoms with E-state index in [2.05, 4.69) is 33.8 Å². The molecule has 0 saturated heterocycles. The normalized spacial score (nSPS) is 48.3. The van der Waals surface area contributed by atoms with Crippen LogP contribution in [0.15, 0.2) is 11.6 Å². The molecule has 3 fully saturated rings. The van der Waals surface area contributed by atoms with Crippen molar-refractivity contribution in [3.05, 3.63) is 11.6 Å². The van der Waals surface area contributed by atoms with Crippen LogP contribution >= 0.6 is 0 Å². The Morgan fingerprint density at radius 2 is 1.74 bits per heavy atom. The Morgan fingerprint density at radius 1 is 1.00 bits per heavy atom. The summed E-state index contributed by atoms with van der Waals surface area (Å²) in [4.78, 5) is 0. The first-order valence-electron chi connectivity index (χ1n) is 10.3. The van der Waals surface area contributed by atoms with Crippen LogP contribution in [0, 0.1) is 28.6 Å². The summed E-state index contributed by atoms with van der Waals surface area (Å²) in [7, 11) is 0. The minimum absolute atomic E-state index is 0.157. The number of aliphatic hydroxyl groups is 1. The highest BCUT2D eigenvalue weighted by atomic mass is 16.3. The van der Waals surface area contributed by atoms with E-state index in [1.165, 1.54) is 57.8 Å². The Kier molecular flexibility index (Phi) is 4.98. The zero-order valence-corrected chi connectivity index (χ0v) is 15.9. The van der Waals surface area contributed by atoms with E-state index in [1.807, 2.05) is 0 Å². The molecule has 0 heterocycles. The molecule has 4 aliphatic carbocycles. The maximum Gasteiger partial charge on any atom is 0.0724 e. The zero-order chi connectivity index (χ0) is 16.7. The minimum atomic E-state index is -0.157. The predicted octanol–water partition coefficient (Wildman–Crippen LogP) is 6.12. The molecule has 0 bridgehead atoms. The molecule has 1 heteroatoms. The van der Waals surface area contributed by atoms with Gasteiger partial charge in [0.1, 0.15) is 0 Å². The van der Waals surface area contributed by atoms with Crippen molar-refractivity contribution in [2.24, 2.45) is 28.6 Å². The molecule has 23 heavy (non-hydrogen) atoms. The van der Waals surface area contributed by atoms with Crippen LogP contribution in [0.2, 0.25) is 0 Å². The summed E-state index contributed by atoms with van der Waals surface area (Å²) in [5.41, 5.74) is 2.71. The second kappa shape index (κ2) is 6.54. The van der Waals surface area contributed by atoms with Crippen LogP contribution in [0.1, 0.15) is 91.9 Å². The summed E-state index contributed by atoms with van der Waals surface area (Å²) >= 11 is 0. The molecular weight excluding hydrogens is 280 g/mol. The van der Waals surface area contributed by atoms with Crippen LogP contribution in [0.3, 0.4) is 0 Å². The van der Waals surface area contributed by atoms with E-state index in [-0.39, 0.29) is 6.10 Å². The monoisotopic (exact) mass is 318 g/mol. The Bertz CT molecular complexity index is 453. The largest absolute Gasteiger partial charge is 0.389 e. The summed E-state index contributed by atoms with van der Waals surface area (Å²) < 4.78 is 0. The third-order valence-electron chi connectivity index (χ3n) is 7.87. The molecule has 0 radical (unpaired) electrons. The lowest BCUT2D eigenvalue weighted by molar-refractivity contribution is -0.0411. The van der Waals surface area contributed by atoms with E-state index in [0.717, 1.165) is 24.2 Å². The van der Waals surface area contributed by atoms with Crippen molar-refractivity contribution in [2.45, 2.75) is 98.0 Å². The van der Waals surface area contributed by atoms with Gasteiger partial charge in [-0.2, -0.15) is 0 Å². The van der Waals surface area contributed by atoms with Crippen molar-refractivity contribution >= 4 is 0 Å². The Balaban J connectivity index is 0.000000485. The second-order valence-corrected chi connectivity index (χ2v) is 9.42. The Labute approximate surface area is 143 Å². The fourth-order valence-corrected chi connectivity index (χ4v) is 6.70. The summed E-state index contributed by atoms with van der Waals surface area (Å²) in [5.74, 6) is 2.89. The van der Waals surface area contributed by atoms with Crippen LogP contribution in [0.5, 0.6) is 0 Å². The predicted molar refractivity (Wildman–Crippen MR) is 98.3 cm³/mol. The van der Waals surface area contributed by atoms with Gasteiger partial charge in [0.25, 0.3) is 0 Å². The van der Waals surface area contributed by atoms with Crippen molar-refractivity contribution in [3.8, 4) is 0 Å². The minimum Gasteiger partial charge on any atom is -0.389 e. The lowest BCUT2D eigenvalue weighted by Crippen LogP contribution is -2.49. The highest BCUT2D eigenvalue weighted by Gasteiger charge is 2.55. The van der Waals surface area contributed by atoms with Gasteiger partial charge in [-0.15, -0.1) is 0 Å². The van der Waals surface area contributed by atoms with Crippen LogP contribution in [0.4, 0.5) is 0 Å². The number of hydrogen-bond donors (Lipinski definition) is 1. The molecule has 1 nitrogen and oxygen atoms in total. The molecule has 132 valence electrons. The highest BCUT2D eigenvalue weighted by Crippen LogP contribution is 2.65. The molecule has 0 spiro atoms. The van der Waals surface area contributed by atoms with Crippen LogP contribution in [-0.2, 0) is 0 Å². The molecule has 0 aromatic rings. The third-order valence-corrected chi connectivity index (χ3v) is 7.87. The average molecular weight is 319 g/mol. The van der Waals surface area contributed by atoms with Crippen molar-refractivity contribution < 1.29 is 5.11 Å². The van der Waals surface area contributed by atoms with E-state index < -0.39 is 0 Å². The first kappa shape index (κ1) is 17.5. The second-order valence-electron chi connectivity index (χ2n) is 9.42. The molecule has 0 aromatic heterocycles. The fraction of sp³-hybridized carbons (Fsp3) is 0.909. The number of allylic oxidation sites excluding steroid dienone is 1. The summed E-state index contributed by atoms with van der Waals surface area (Å²) in [6.07, 6.45) is 15.6.